The van der Waals surface area contributed by atoms with Crippen molar-refractivity contribution in [1.29, 1.82) is 0 Å². The summed E-state index contributed by atoms with van der Waals surface area (Å²) in [4.78, 5) is 13.5. The molecule has 0 radical (unpaired) electrons. The van der Waals surface area contributed by atoms with E-state index < -0.39 is 17.6 Å². The highest BCUT2D eigenvalue weighted by Gasteiger charge is 2.35. The van der Waals surface area contributed by atoms with Crippen molar-refractivity contribution in [2.24, 2.45) is 0 Å². The minimum atomic E-state index is -4.75. The molecule has 1 saturated heterocycles. The Kier molecular flexibility index (Phi) is 4.27. The minimum absolute atomic E-state index is 0.219. The molecule has 20 heavy (non-hydrogen) atoms. The number of rotatable bonds is 2. The van der Waals surface area contributed by atoms with Gasteiger partial charge in [0.15, 0.2) is 0 Å². The Bertz CT molecular complexity index is 496. The van der Waals surface area contributed by atoms with Gasteiger partial charge in [0.1, 0.15) is 5.82 Å². The molecule has 0 atom stereocenters. The van der Waals surface area contributed by atoms with Gasteiger partial charge in [0.2, 0.25) is 5.91 Å². The Morgan fingerprint density at radius 2 is 1.90 bits per heavy atom. The number of carbonyl (C=O) groups excluding carboxylic acids is 1. The van der Waals surface area contributed by atoms with Crippen molar-refractivity contribution in [1.82, 2.24) is 10.2 Å². The zero-order valence-corrected chi connectivity index (χ0v) is 10.6. The molecule has 2 rings (SSSR count). The molecule has 0 saturated carbocycles. The summed E-state index contributed by atoms with van der Waals surface area (Å²) in [6.07, 6.45) is -5.10. The van der Waals surface area contributed by atoms with Crippen molar-refractivity contribution >= 4 is 5.91 Å². The van der Waals surface area contributed by atoms with Gasteiger partial charge in [-0.3, -0.25) is 4.79 Å². The first-order valence-corrected chi connectivity index (χ1v) is 6.22. The van der Waals surface area contributed by atoms with Gasteiger partial charge in [0, 0.05) is 26.2 Å². The van der Waals surface area contributed by atoms with Crippen LogP contribution in [0.2, 0.25) is 0 Å². The first-order chi connectivity index (χ1) is 9.39. The number of amides is 1. The predicted molar refractivity (Wildman–Crippen MR) is 64.6 cm³/mol. The number of nitrogens with zero attached hydrogens (tertiary/aromatic N) is 1. The lowest BCUT2D eigenvalue weighted by atomic mass is 10.1. The lowest BCUT2D eigenvalue weighted by Gasteiger charge is -2.27. The maximum absolute atomic E-state index is 13.8. The van der Waals surface area contributed by atoms with Crippen LogP contribution in [0.4, 0.5) is 17.6 Å². The lowest BCUT2D eigenvalue weighted by Crippen LogP contribution is -2.47. The average molecular weight is 290 g/mol. The quantitative estimate of drug-likeness (QED) is 0.843. The number of hydrogen-bond donors (Lipinski definition) is 1. The largest absolute Gasteiger partial charge is 0.419 e. The van der Waals surface area contributed by atoms with Crippen LogP contribution in [0, 0.1) is 5.82 Å². The summed E-state index contributed by atoms with van der Waals surface area (Å²) in [5.41, 5.74) is -1.55. The average Bonchev–Trinajstić information content (AvgIpc) is 2.40. The van der Waals surface area contributed by atoms with Crippen molar-refractivity contribution in [2.75, 3.05) is 26.2 Å². The molecular weight excluding hydrogens is 276 g/mol. The molecule has 1 aliphatic rings. The molecule has 1 heterocycles. The van der Waals surface area contributed by atoms with Crippen molar-refractivity contribution in [3.8, 4) is 0 Å². The van der Waals surface area contributed by atoms with Crippen LogP contribution in [0.15, 0.2) is 18.2 Å². The number of halogens is 4. The molecule has 0 aromatic heterocycles. The summed E-state index contributed by atoms with van der Waals surface area (Å²) < 4.78 is 51.5. The second kappa shape index (κ2) is 5.78. The fraction of sp³-hybridized carbons (Fsp3) is 0.462. The third-order valence-corrected chi connectivity index (χ3v) is 3.20. The van der Waals surface area contributed by atoms with E-state index in [-0.39, 0.29) is 17.9 Å². The highest BCUT2D eigenvalue weighted by molar-refractivity contribution is 5.79. The molecule has 1 aliphatic heterocycles. The van der Waals surface area contributed by atoms with Crippen LogP contribution >= 0.6 is 0 Å². The van der Waals surface area contributed by atoms with E-state index in [4.69, 9.17) is 0 Å². The molecule has 1 N–H and O–H groups in total. The molecule has 0 bridgehead atoms. The second-order valence-corrected chi connectivity index (χ2v) is 4.58. The molecule has 110 valence electrons. The molecule has 0 unspecified atom stereocenters. The zero-order chi connectivity index (χ0) is 14.8. The van der Waals surface area contributed by atoms with E-state index in [2.05, 4.69) is 5.32 Å². The van der Waals surface area contributed by atoms with Gasteiger partial charge < -0.3 is 10.2 Å². The van der Waals surface area contributed by atoms with E-state index >= 15 is 0 Å². The van der Waals surface area contributed by atoms with Crippen molar-refractivity contribution < 1.29 is 22.4 Å². The Balaban J connectivity index is 2.15. The Morgan fingerprint density at radius 3 is 2.50 bits per heavy atom. The van der Waals surface area contributed by atoms with E-state index in [1.54, 1.807) is 0 Å². The van der Waals surface area contributed by atoms with Crippen LogP contribution in [0.1, 0.15) is 11.1 Å². The van der Waals surface area contributed by atoms with E-state index in [1.165, 1.54) is 11.0 Å². The van der Waals surface area contributed by atoms with Crippen LogP contribution < -0.4 is 5.32 Å². The number of piperazine rings is 1. The Labute approximate surface area is 113 Å². The number of alkyl halides is 3. The fourth-order valence-electron chi connectivity index (χ4n) is 2.12. The summed E-state index contributed by atoms with van der Waals surface area (Å²) in [5.74, 6) is -1.71. The molecule has 3 nitrogen and oxygen atoms in total. The van der Waals surface area contributed by atoms with Gasteiger partial charge in [-0.05, 0) is 11.6 Å². The molecule has 1 fully saturated rings. The van der Waals surface area contributed by atoms with E-state index in [0.717, 1.165) is 6.07 Å². The van der Waals surface area contributed by atoms with Crippen LogP contribution in [-0.2, 0) is 17.4 Å². The van der Waals surface area contributed by atoms with Crippen molar-refractivity contribution in [3.63, 3.8) is 0 Å². The fourth-order valence-corrected chi connectivity index (χ4v) is 2.12. The highest BCUT2D eigenvalue weighted by atomic mass is 19.4. The molecule has 1 aromatic carbocycles. The summed E-state index contributed by atoms with van der Waals surface area (Å²) in [6.45, 7) is 2.24. The van der Waals surface area contributed by atoms with E-state index in [0.29, 0.717) is 32.2 Å². The van der Waals surface area contributed by atoms with Gasteiger partial charge in [-0.1, -0.05) is 12.1 Å². The van der Waals surface area contributed by atoms with Gasteiger partial charge in [-0.15, -0.1) is 0 Å². The lowest BCUT2D eigenvalue weighted by molar-refractivity contribution is -0.140. The molecule has 1 amide bonds. The van der Waals surface area contributed by atoms with Crippen LogP contribution in [0.3, 0.4) is 0 Å². The molecular formula is C13H14F4N2O. The standard InChI is InChI=1S/C13H14F4N2O/c14-12-9(2-1-3-10(12)13(15,16)17)8-11(20)19-6-4-18-5-7-19/h1-3,18H,4-8H2. The number of carbonyl (C=O) groups is 1. The maximum atomic E-state index is 13.8. The first kappa shape index (κ1) is 14.8. The summed E-state index contributed by atoms with van der Waals surface area (Å²) in [7, 11) is 0. The summed E-state index contributed by atoms with van der Waals surface area (Å²) in [6, 6.07) is 3.01. The van der Waals surface area contributed by atoms with Crippen LogP contribution in [-0.4, -0.2) is 37.0 Å². The van der Waals surface area contributed by atoms with Gasteiger partial charge >= 0.3 is 6.18 Å². The van der Waals surface area contributed by atoms with E-state index in [9.17, 15) is 22.4 Å². The first-order valence-electron chi connectivity index (χ1n) is 6.22. The Hall–Kier alpha value is -1.63. The predicted octanol–water partition coefficient (Wildman–Crippen LogP) is 1.82. The SMILES string of the molecule is O=C(Cc1cccc(C(F)(F)F)c1F)N1CCNCC1. The maximum Gasteiger partial charge on any atom is 0.419 e. The Morgan fingerprint density at radius 1 is 1.25 bits per heavy atom. The summed E-state index contributed by atoms with van der Waals surface area (Å²) >= 11 is 0. The minimum Gasteiger partial charge on any atom is -0.340 e. The summed E-state index contributed by atoms with van der Waals surface area (Å²) in [5, 5.41) is 3.06. The van der Waals surface area contributed by atoms with Gasteiger partial charge in [0.05, 0.1) is 12.0 Å². The number of benzene rings is 1. The smallest absolute Gasteiger partial charge is 0.340 e. The topological polar surface area (TPSA) is 32.3 Å². The zero-order valence-electron chi connectivity index (χ0n) is 10.6. The van der Waals surface area contributed by atoms with Crippen molar-refractivity contribution in [2.45, 2.75) is 12.6 Å². The normalized spacial score (nSPS) is 16.3. The van der Waals surface area contributed by atoms with Gasteiger partial charge in [-0.25, -0.2) is 4.39 Å². The van der Waals surface area contributed by atoms with Crippen LogP contribution in [0.5, 0.6) is 0 Å². The third kappa shape index (κ3) is 3.27. The number of nitrogens with one attached hydrogen (secondary N) is 1. The second-order valence-electron chi connectivity index (χ2n) is 4.58. The van der Waals surface area contributed by atoms with E-state index in [1.807, 2.05) is 0 Å². The third-order valence-electron chi connectivity index (χ3n) is 3.20. The molecule has 1 aromatic rings. The van der Waals surface area contributed by atoms with Crippen LogP contribution in [0.25, 0.3) is 0 Å². The molecule has 0 aliphatic carbocycles. The molecule has 0 spiro atoms. The van der Waals surface area contributed by atoms with Gasteiger partial charge in [-0.2, -0.15) is 13.2 Å². The van der Waals surface area contributed by atoms with Gasteiger partial charge in [0.25, 0.3) is 0 Å². The monoisotopic (exact) mass is 290 g/mol. The highest BCUT2D eigenvalue weighted by Crippen LogP contribution is 2.32. The van der Waals surface area contributed by atoms with Crippen molar-refractivity contribution in [3.05, 3.63) is 35.1 Å². The number of hydrogen-bond acceptors (Lipinski definition) is 2. The molecule has 7 heteroatoms.